The molecule has 2 N–H and O–H groups in total. The lowest BCUT2D eigenvalue weighted by atomic mass is 10.0. The molecule has 116 valence electrons. The summed E-state index contributed by atoms with van der Waals surface area (Å²) in [6, 6.07) is 10.3. The third kappa shape index (κ3) is 2.81. The van der Waals surface area contributed by atoms with Crippen molar-refractivity contribution in [1.82, 2.24) is 4.31 Å². The fourth-order valence-corrected chi connectivity index (χ4v) is 3.11. The van der Waals surface area contributed by atoms with Gasteiger partial charge in [0.2, 0.25) is 10.0 Å². The monoisotopic (exact) mass is 321 g/mol. The van der Waals surface area contributed by atoms with E-state index in [0.717, 1.165) is 4.31 Å². The lowest BCUT2D eigenvalue weighted by molar-refractivity contribution is 0.0693. The van der Waals surface area contributed by atoms with Crippen molar-refractivity contribution in [2.45, 2.75) is 4.90 Å². The Labute approximate surface area is 128 Å². The van der Waals surface area contributed by atoms with E-state index in [0.29, 0.717) is 11.1 Å². The summed E-state index contributed by atoms with van der Waals surface area (Å²) in [5, 5.41) is 18.7. The van der Waals surface area contributed by atoms with Gasteiger partial charge < -0.3 is 10.2 Å². The highest BCUT2D eigenvalue weighted by atomic mass is 32.2. The standard InChI is InChI=1S/C15H15NO5S/c1-16(2)22(20,21)14-6-4-3-5-11(14)10-7-8-12(15(18)19)13(17)9-10/h3-9,17H,1-2H3,(H,18,19). The lowest BCUT2D eigenvalue weighted by Gasteiger charge is -2.15. The highest BCUT2D eigenvalue weighted by Gasteiger charge is 2.22. The van der Waals surface area contributed by atoms with Crippen molar-refractivity contribution >= 4 is 16.0 Å². The molecular weight excluding hydrogens is 306 g/mol. The van der Waals surface area contributed by atoms with Crippen LogP contribution in [0.25, 0.3) is 11.1 Å². The summed E-state index contributed by atoms with van der Waals surface area (Å²) in [6.45, 7) is 0. The molecule has 0 unspecified atom stereocenters. The summed E-state index contributed by atoms with van der Waals surface area (Å²) in [7, 11) is -0.804. The van der Waals surface area contributed by atoms with Crippen molar-refractivity contribution in [3.05, 3.63) is 48.0 Å². The molecule has 0 amide bonds. The molecule has 0 spiro atoms. The largest absolute Gasteiger partial charge is 0.507 e. The number of carbonyl (C=O) groups is 1. The number of nitrogens with zero attached hydrogens (tertiary/aromatic N) is 1. The molecule has 2 aromatic rings. The first-order valence-corrected chi connectivity index (χ1v) is 7.77. The lowest BCUT2D eigenvalue weighted by Crippen LogP contribution is -2.22. The Morgan fingerprint density at radius 3 is 2.27 bits per heavy atom. The van der Waals surface area contributed by atoms with Crippen LogP contribution in [0, 0.1) is 0 Å². The van der Waals surface area contributed by atoms with Crippen LogP contribution in [0.2, 0.25) is 0 Å². The number of phenols is 1. The van der Waals surface area contributed by atoms with Gasteiger partial charge in [0.25, 0.3) is 0 Å². The molecule has 0 aliphatic carbocycles. The van der Waals surface area contributed by atoms with Gasteiger partial charge in [-0.05, 0) is 23.8 Å². The van der Waals surface area contributed by atoms with E-state index >= 15 is 0 Å². The number of hydrogen-bond donors (Lipinski definition) is 2. The summed E-state index contributed by atoms with van der Waals surface area (Å²) in [6.07, 6.45) is 0. The highest BCUT2D eigenvalue weighted by Crippen LogP contribution is 2.32. The van der Waals surface area contributed by atoms with Crippen LogP contribution in [0.4, 0.5) is 0 Å². The summed E-state index contributed by atoms with van der Waals surface area (Å²) < 4.78 is 25.8. The molecule has 22 heavy (non-hydrogen) atoms. The molecule has 0 radical (unpaired) electrons. The second kappa shape index (κ2) is 5.78. The molecule has 2 aromatic carbocycles. The van der Waals surface area contributed by atoms with Crippen molar-refractivity contribution in [2.24, 2.45) is 0 Å². The van der Waals surface area contributed by atoms with E-state index in [9.17, 15) is 18.3 Å². The zero-order valence-corrected chi connectivity index (χ0v) is 12.8. The number of carboxylic acid groups (broad SMARTS) is 1. The van der Waals surface area contributed by atoms with Crippen LogP contribution in [0.3, 0.4) is 0 Å². The van der Waals surface area contributed by atoms with E-state index in [2.05, 4.69) is 0 Å². The van der Waals surface area contributed by atoms with Gasteiger partial charge in [-0.3, -0.25) is 0 Å². The van der Waals surface area contributed by atoms with Crippen LogP contribution in [0.5, 0.6) is 5.75 Å². The van der Waals surface area contributed by atoms with Crippen molar-refractivity contribution in [3.8, 4) is 16.9 Å². The van der Waals surface area contributed by atoms with Gasteiger partial charge in [-0.2, -0.15) is 0 Å². The number of carboxylic acids is 1. The molecule has 0 aliphatic heterocycles. The molecule has 0 aromatic heterocycles. The molecule has 0 saturated carbocycles. The first-order chi connectivity index (χ1) is 10.2. The first-order valence-electron chi connectivity index (χ1n) is 6.33. The average molecular weight is 321 g/mol. The summed E-state index contributed by atoms with van der Waals surface area (Å²) in [4.78, 5) is 11.0. The number of rotatable bonds is 4. The molecule has 7 heteroatoms. The molecule has 0 bridgehead atoms. The Bertz CT molecular complexity index is 828. The maximum Gasteiger partial charge on any atom is 0.339 e. The number of hydrogen-bond acceptors (Lipinski definition) is 4. The van der Waals surface area contributed by atoms with Crippen LogP contribution in [-0.2, 0) is 10.0 Å². The van der Waals surface area contributed by atoms with Crippen LogP contribution in [0.15, 0.2) is 47.4 Å². The average Bonchev–Trinajstić information content (AvgIpc) is 2.46. The highest BCUT2D eigenvalue weighted by molar-refractivity contribution is 7.89. The first kappa shape index (κ1) is 16.0. The molecule has 2 rings (SSSR count). The van der Waals surface area contributed by atoms with Crippen LogP contribution < -0.4 is 0 Å². The van der Waals surface area contributed by atoms with Crippen molar-refractivity contribution in [1.29, 1.82) is 0 Å². The van der Waals surface area contributed by atoms with E-state index in [-0.39, 0.29) is 10.5 Å². The quantitative estimate of drug-likeness (QED) is 0.898. The smallest absolute Gasteiger partial charge is 0.339 e. The number of sulfonamides is 1. The van der Waals surface area contributed by atoms with Gasteiger partial charge in [0.15, 0.2) is 0 Å². The van der Waals surface area contributed by atoms with Crippen molar-refractivity contribution < 1.29 is 23.4 Å². The molecule has 0 atom stereocenters. The Hall–Kier alpha value is -2.38. The Morgan fingerprint density at radius 1 is 1.09 bits per heavy atom. The van der Waals surface area contributed by atoms with E-state index in [1.807, 2.05) is 0 Å². The molecule has 6 nitrogen and oxygen atoms in total. The van der Waals surface area contributed by atoms with E-state index in [1.54, 1.807) is 18.2 Å². The zero-order valence-electron chi connectivity index (χ0n) is 12.0. The van der Waals surface area contributed by atoms with Gasteiger partial charge in [0.05, 0.1) is 4.90 Å². The van der Waals surface area contributed by atoms with E-state index < -0.39 is 21.7 Å². The normalized spacial score (nSPS) is 11.6. The van der Waals surface area contributed by atoms with E-state index in [4.69, 9.17) is 5.11 Å². The Balaban J connectivity index is 2.65. The van der Waals surface area contributed by atoms with Gasteiger partial charge in [-0.15, -0.1) is 0 Å². The van der Waals surface area contributed by atoms with Crippen LogP contribution in [-0.4, -0.2) is 43.0 Å². The number of aromatic hydroxyl groups is 1. The summed E-state index contributed by atoms with van der Waals surface area (Å²) in [5.74, 6) is -1.67. The second-order valence-corrected chi connectivity index (χ2v) is 6.94. The molecular formula is C15H15NO5S. The number of aromatic carboxylic acids is 1. The maximum absolute atomic E-state index is 12.4. The van der Waals surface area contributed by atoms with Gasteiger partial charge >= 0.3 is 5.97 Å². The fourth-order valence-electron chi connectivity index (χ4n) is 2.01. The minimum absolute atomic E-state index is 0.0856. The van der Waals surface area contributed by atoms with Crippen molar-refractivity contribution in [3.63, 3.8) is 0 Å². The zero-order chi connectivity index (χ0) is 16.5. The molecule has 0 aliphatic rings. The minimum atomic E-state index is -3.66. The maximum atomic E-state index is 12.4. The Kier molecular flexibility index (Phi) is 4.20. The van der Waals surface area contributed by atoms with Gasteiger partial charge in [0, 0.05) is 19.7 Å². The summed E-state index contributed by atoms with van der Waals surface area (Å²) >= 11 is 0. The minimum Gasteiger partial charge on any atom is -0.507 e. The third-order valence-corrected chi connectivity index (χ3v) is 5.06. The van der Waals surface area contributed by atoms with Gasteiger partial charge in [-0.25, -0.2) is 17.5 Å². The second-order valence-electron chi connectivity index (χ2n) is 4.82. The number of benzene rings is 2. The van der Waals surface area contributed by atoms with E-state index in [1.165, 1.54) is 38.4 Å². The Morgan fingerprint density at radius 2 is 1.73 bits per heavy atom. The SMILES string of the molecule is CN(C)S(=O)(=O)c1ccccc1-c1ccc(C(=O)O)c(O)c1. The predicted molar refractivity (Wildman–Crippen MR) is 81.4 cm³/mol. The predicted octanol–water partition coefficient (Wildman–Crippen LogP) is 2.01. The molecule has 0 saturated heterocycles. The van der Waals surface area contributed by atoms with Gasteiger partial charge in [-0.1, -0.05) is 24.3 Å². The van der Waals surface area contributed by atoms with Gasteiger partial charge in [0.1, 0.15) is 11.3 Å². The molecule has 0 heterocycles. The fraction of sp³-hybridized carbons (Fsp3) is 0.133. The third-order valence-electron chi connectivity index (χ3n) is 3.18. The van der Waals surface area contributed by atoms with Crippen LogP contribution in [0.1, 0.15) is 10.4 Å². The van der Waals surface area contributed by atoms with Crippen molar-refractivity contribution in [2.75, 3.05) is 14.1 Å². The van der Waals surface area contributed by atoms with Crippen LogP contribution >= 0.6 is 0 Å². The summed E-state index contributed by atoms with van der Waals surface area (Å²) in [5.41, 5.74) is 0.573. The molecule has 0 fully saturated rings. The topological polar surface area (TPSA) is 94.9 Å².